The number of carboxylic acid groups (broad SMARTS) is 1. The van der Waals surface area contributed by atoms with Gasteiger partial charge in [0.1, 0.15) is 11.5 Å². The van der Waals surface area contributed by atoms with Crippen LogP contribution in [0.5, 0.6) is 11.5 Å². The van der Waals surface area contributed by atoms with Gasteiger partial charge < -0.3 is 19.5 Å². The molecule has 2 atom stereocenters. The summed E-state index contributed by atoms with van der Waals surface area (Å²) in [6, 6.07) is 7.38. The molecule has 6 nitrogen and oxygen atoms in total. The standard InChI is InChI=1S/C25H26F3NO5/c1-12(2)29-19-11-15(13(3)8-21(19)33-24(4,5)23(29)32)17-9-14(16-10-18(16)22(30)31)6-7-20(17)34-25(26,27)28/h6-9,11-12,16,18H,10H2,1-5H3,(H,30,31)/t16?,18-/m1/s1. The van der Waals surface area contributed by atoms with Crippen LogP contribution in [-0.4, -0.2) is 35.0 Å². The number of carboxylic acids is 1. The molecular formula is C25H26F3NO5. The zero-order valence-corrected chi connectivity index (χ0v) is 19.5. The molecule has 1 fully saturated rings. The van der Waals surface area contributed by atoms with E-state index in [1.165, 1.54) is 12.1 Å². The van der Waals surface area contributed by atoms with E-state index < -0.39 is 29.6 Å². The zero-order valence-electron chi connectivity index (χ0n) is 19.5. The van der Waals surface area contributed by atoms with Crippen molar-refractivity contribution in [3.8, 4) is 22.6 Å². The van der Waals surface area contributed by atoms with Gasteiger partial charge in [-0.05, 0) is 87.9 Å². The predicted octanol–water partition coefficient (Wildman–Crippen LogP) is 5.66. The number of rotatable bonds is 5. The first-order valence-corrected chi connectivity index (χ1v) is 11.0. The van der Waals surface area contributed by atoms with Crippen LogP contribution in [-0.2, 0) is 9.59 Å². The van der Waals surface area contributed by atoms with Crippen LogP contribution >= 0.6 is 0 Å². The first-order valence-electron chi connectivity index (χ1n) is 11.0. The van der Waals surface area contributed by atoms with Gasteiger partial charge in [-0.25, -0.2) is 0 Å². The van der Waals surface area contributed by atoms with E-state index >= 15 is 0 Å². The summed E-state index contributed by atoms with van der Waals surface area (Å²) in [5.74, 6) is -1.96. The number of halogens is 3. The van der Waals surface area contributed by atoms with Crippen molar-refractivity contribution in [2.75, 3.05) is 4.90 Å². The van der Waals surface area contributed by atoms with E-state index in [4.69, 9.17) is 4.74 Å². The fourth-order valence-corrected chi connectivity index (χ4v) is 4.50. The number of aliphatic carboxylic acids is 1. The average Bonchev–Trinajstić information content (AvgIpc) is 3.49. The van der Waals surface area contributed by atoms with Crippen LogP contribution in [0.3, 0.4) is 0 Å². The number of alkyl halides is 3. The third-order valence-corrected chi connectivity index (χ3v) is 6.24. The maximum atomic E-state index is 13.2. The Hall–Kier alpha value is -3.23. The second-order valence-electron chi connectivity index (χ2n) is 9.61. The normalized spacial score (nSPS) is 21.2. The second-order valence-corrected chi connectivity index (χ2v) is 9.61. The summed E-state index contributed by atoms with van der Waals surface area (Å²) in [6.45, 7) is 8.78. The van der Waals surface area contributed by atoms with Crippen molar-refractivity contribution in [2.45, 2.75) is 65.0 Å². The van der Waals surface area contributed by atoms with Crippen LogP contribution in [0, 0.1) is 12.8 Å². The molecule has 4 rings (SSSR count). The molecule has 1 heterocycles. The van der Waals surface area contributed by atoms with Crippen molar-refractivity contribution < 1.29 is 37.3 Å². The molecule has 34 heavy (non-hydrogen) atoms. The fourth-order valence-electron chi connectivity index (χ4n) is 4.50. The van der Waals surface area contributed by atoms with Gasteiger partial charge in [-0.15, -0.1) is 13.2 Å². The highest BCUT2D eigenvalue weighted by Crippen LogP contribution is 2.51. The van der Waals surface area contributed by atoms with Crippen LogP contribution in [0.4, 0.5) is 18.9 Å². The molecule has 0 saturated heterocycles. The van der Waals surface area contributed by atoms with Gasteiger partial charge in [-0.1, -0.05) is 6.07 Å². The van der Waals surface area contributed by atoms with Crippen molar-refractivity contribution >= 4 is 17.6 Å². The SMILES string of the molecule is Cc1cc2c(cc1-c1cc(C3C[C@H]3C(=O)O)ccc1OC(F)(F)F)N(C(C)C)C(=O)C(C)(C)O2. The van der Waals surface area contributed by atoms with E-state index in [2.05, 4.69) is 4.74 Å². The Morgan fingerprint density at radius 3 is 2.44 bits per heavy atom. The number of benzene rings is 2. The number of carbonyl (C=O) groups excluding carboxylic acids is 1. The van der Waals surface area contributed by atoms with Crippen molar-refractivity contribution in [2.24, 2.45) is 5.92 Å². The Balaban J connectivity index is 1.88. The van der Waals surface area contributed by atoms with Gasteiger partial charge in [-0.2, -0.15) is 0 Å². The van der Waals surface area contributed by atoms with E-state index in [0.29, 0.717) is 34.5 Å². The number of nitrogens with zero attached hydrogens (tertiary/aromatic N) is 1. The van der Waals surface area contributed by atoms with E-state index in [9.17, 15) is 27.9 Å². The molecular weight excluding hydrogens is 451 g/mol. The average molecular weight is 477 g/mol. The predicted molar refractivity (Wildman–Crippen MR) is 119 cm³/mol. The number of hydrogen-bond acceptors (Lipinski definition) is 4. The smallest absolute Gasteiger partial charge is 0.481 e. The van der Waals surface area contributed by atoms with Crippen molar-refractivity contribution in [1.29, 1.82) is 0 Å². The third-order valence-electron chi connectivity index (χ3n) is 6.24. The monoisotopic (exact) mass is 477 g/mol. The minimum atomic E-state index is -4.91. The van der Waals surface area contributed by atoms with Crippen LogP contribution in [0.25, 0.3) is 11.1 Å². The molecule has 0 aromatic heterocycles. The van der Waals surface area contributed by atoms with Gasteiger partial charge in [0.2, 0.25) is 0 Å². The Morgan fingerprint density at radius 1 is 1.21 bits per heavy atom. The van der Waals surface area contributed by atoms with E-state index in [-0.39, 0.29) is 23.4 Å². The number of amides is 1. The summed E-state index contributed by atoms with van der Waals surface area (Å²) in [5.41, 5.74) is 1.23. The number of anilines is 1. The van der Waals surface area contributed by atoms with Gasteiger partial charge in [0.25, 0.3) is 5.91 Å². The van der Waals surface area contributed by atoms with Crippen molar-refractivity contribution in [1.82, 2.24) is 0 Å². The molecule has 1 aliphatic carbocycles. The van der Waals surface area contributed by atoms with Crippen LogP contribution in [0.2, 0.25) is 0 Å². The molecule has 1 amide bonds. The Morgan fingerprint density at radius 2 is 1.88 bits per heavy atom. The summed E-state index contributed by atoms with van der Waals surface area (Å²) in [4.78, 5) is 26.0. The number of fused-ring (bicyclic) bond motifs is 1. The molecule has 1 unspecified atom stereocenters. The molecule has 1 aliphatic heterocycles. The van der Waals surface area contributed by atoms with Gasteiger partial charge >= 0.3 is 12.3 Å². The highest BCUT2D eigenvalue weighted by Gasteiger charge is 2.45. The van der Waals surface area contributed by atoms with Crippen LogP contribution in [0.1, 0.15) is 51.2 Å². The number of hydrogen-bond donors (Lipinski definition) is 1. The maximum Gasteiger partial charge on any atom is 0.573 e. The lowest BCUT2D eigenvalue weighted by Crippen LogP contribution is -2.54. The van der Waals surface area contributed by atoms with E-state index in [1.807, 2.05) is 13.8 Å². The first kappa shape index (κ1) is 23.9. The minimum Gasteiger partial charge on any atom is -0.481 e. The molecule has 0 spiro atoms. The highest BCUT2D eigenvalue weighted by molar-refractivity contribution is 6.03. The fraction of sp³-hybridized carbons (Fsp3) is 0.440. The number of carbonyl (C=O) groups is 2. The van der Waals surface area contributed by atoms with Gasteiger partial charge in [0.05, 0.1) is 11.6 Å². The number of aryl methyl sites for hydroxylation is 1. The van der Waals surface area contributed by atoms with Crippen LogP contribution < -0.4 is 14.4 Å². The summed E-state index contributed by atoms with van der Waals surface area (Å²) >= 11 is 0. The van der Waals surface area contributed by atoms with Crippen molar-refractivity contribution in [3.05, 3.63) is 41.5 Å². The first-order chi connectivity index (χ1) is 15.7. The molecule has 2 aliphatic rings. The molecule has 2 aromatic rings. The summed E-state index contributed by atoms with van der Waals surface area (Å²) in [7, 11) is 0. The highest BCUT2D eigenvalue weighted by atomic mass is 19.4. The molecule has 182 valence electrons. The van der Waals surface area contributed by atoms with Gasteiger partial charge in [0.15, 0.2) is 5.60 Å². The van der Waals surface area contributed by atoms with Gasteiger partial charge in [-0.3, -0.25) is 9.59 Å². The van der Waals surface area contributed by atoms with Gasteiger partial charge in [0, 0.05) is 11.6 Å². The minimum absolute atomic E-state index is 0.173. The molecule has 9 heteroatoms. The summed E-state index contributed by atoms with van der Waals surface area (Å²) in [5, 5.41) is 9.28. The number of ether oxygens (including phenoxy) is 2. The Bertz CT molecular complexity index is 1170. The molecule has 1 N–H and O–H groups in total. The van der Waals surface area contributed by atoms with E-state index in [1.54, 1.807) is 43.9 Å². The molecule has 0 bridgehead atoms. The molecule has 0 radical (unpaired) electrons. The second kappa shape index (κ2) is 7.92. The van der Waals surface area contributed by atoms with Crippen molar-refractivity contribution in [3.63, 3.8) is 0 Å². The maximum absolute atomic E-state index is 13.2. The third kappa shape index (κ3) is 4.31. The molecule has 2 aromatic carbocycles. The lowest BCUT2D eigenvalue weighted by Gasteiger charge is -2.41. The Kier molecular flexibility index (Phi) is 5.57. The quantitative estimate of drug-likeness (QED) is 0.601. The Labute approximate surface area is 195 Å². The topological polar surface area (TPSA) is 76.1 Å². The lowest BCUT2D eigenvalue weighted by molar-refractivity contribution is -0.274. The molecule has 1 saturated carbocycles. The summed E-state index contributed by atoms with van der Waals surface area (Å²) < 4.78 is 49.8. The van der Waals surface area contributed by atoms with Crippen LogP contribution in [0.15, 0.2) is 30.3 Å². The zero-order chi connectivity index (χ0) is 25.2. The largest absolute Gasteiger partial charge is 0.573 e. The lowest BCUT2D eigenvalue weighted by atomic mass is 9.93. The van der Waals surface area contributed by atoms with E-state index in [0.717, 1.165) is 0 Å². The summed E-state index contributed by atoms with van der Waals surface area (Å²) in [6.07, 6.45) is -4.48.